The van der Waals surface area contributed by atoms with Crippen LogP contribution in [0.25, 0.3) is 0 Å². The summed E-state index contributed by atoms with van der Waals surface area (Å²) in [5, 5.41) is 18.8. The van der Waals surface area contributed by atoms with Crippen molar-refractivity contribution in [1.29, 1.82) is 0 Å². The monoisotopic (exact) mass is 261 g/mol. The maximum atomic E-state index is 12.2. The molecule has 19 heavy (non-hydrogen) atoms. The van der Waals surface area contributed by atoms with Crippen LogP contribution in [0.15, 0.2) is 18.2 Å². The van der Waals surface area contributed by atoms with Crippen LogP contribution in [0.5, 0.6) is 5.75 Å². The van der Waals surface area contributed by atoms with Crippen LogP contribution >= 0.6 is 0 Å². The first-order valence-corrected chi connectivity index (χ1v) is 6.40. The largest absolute Gasteiger partial charge is 0.508 e. The number of phenols is 1. The zero-order valence-electron chi connectivity index (χ0n) is 10.4. The molecule has 1 aliphatic heterocycles. The maximum Gasteiger partial charge on any atom is 0.326 e. The number of phenolic OH excluding ortho intramolecular Hbond substituents is 1. The Morgan fingerprint density at radius 3 is 2.58 bits per heavy atom. The summed E-state index contributed by atoms with van der Waals surface area (Å²) in [6, 6.07) is 4.11. The molecule has 1 saturated carbocycles. The Morgan fingerprint density at radius 2 is 1.95 bits per heavy atom. The SMILES string of the molecule is O=C(O)[C@H]1Cc2ccc(O)cc2CN1C(=O)C1CC1. The quantitative estimate of drug-likeness (QED) is 0.836. The number of benzene rings is 1. The Balaban J connectivity index is 1.94. The lowest BCUT2D eigenvalue weighted by atomic mass is 9.93. The number of hydrogen-bond acceptors (Lipinski definition) is 3. The highest BCUT2D eigenvalue weighted by molar-refractivity contribution is 5.87. The van der Waals surface area contributed by atoms with Crippen LogP contribution in [0.4, 0.5) is 0 Å². The molecule has 0 bridgehead atoms. The summed E-state index contributed by atoms with van der Waals surface area (Å²) in [5.74, 6) is -0.888. The molecule has 2 N–H and O–H groups in total. The minimum atomic E-state index is -0.965. The number of carboxylic acid groups (broad SMARTS) is 1. The lowest BCUT2D eigenvalue weighted by Crippen LogP contribution is -2.49. The van der Waals surface area contributed by atoms with Crippen LogP contribution in [-0.4, -0.2) is 33.0 Å². The predicted octanol–water partition coefficient (Wildman–Crippen LogP) is 1.14. The molecule has 0 spiro atoms. The molecule has 1 heterocycles. The van der Waals surface area contributed by atoms with Crippen molar-refractivity contribution in [3.63, 3.8) is 0 Å². The van der Waals surface area contributed by atoms with Gasteiger partial charge in [-0.1, -0.05) is 6.07 Å². The second-order valence-corrected chi connectivity index (χ2v) is 5.25. The fourth-order valence-electron chi connectivity index (χ4n) is 2.59. The summed E-state index contributed by atoms with van der Waals surface area (Å²) in [4.78, 5) is 25.0. The zero-order chi connectivity index (χ0) is 13.6. The first-order valence-electron chi connectivity index (χ1n) is 6.40. The lowest BCUT2D eigenvalue weighted by molar-refractivity contribution is -0.152. The first kappa shape index (κ1) is 12.0. The van der Waals surface area contributed by atoms with Crippen molar-refractivity contribution >= 4 is 11.9 Å². The number of rotatable bonds is 2. The van der Waals surface area contributed by atoms with Gasteiger partial charge in [0.15, 0.2) is 0 Å². The molecule has 100 valence electrons. The van der Waals surface area contributed by atoms with Gasteiger partial charge in [-0.25, -0.2) is 4.79 Å². The highest BCUT2D eigenvalue weighted by Crippen LogP contribution is 2.35. The number of aromatic hydroxyl groups is 1. The van der Waals surface area contributed by atoms with Crippen LogP contribution < -0.4 is 0 Å². The zero-order valence-corrected chi connectivity index (χ0v) is 10.4. The molecule has 5 heteroatoms. The van der Waals surface area contributed by atoms with E-state index in [9.17, 15) is 19.8 Å². The molecule has 1 aromatic rings. The van der Waals surface area contributed by atoms with E-state index in [1.165, 1.54) is 4.90 Å². The van der Waals surface area contributed by atoms with Crippen molar-refractivity contribution in [2.75, 3.05) is 0 Å². The molecule has 2 aliphatic rings. The summed E-state index contributed by atoms with van der Waals surface area (Å²) in [7, 11) is 0. The van der Waals surface area contributed by atoms with Gasteiger partial charge in [-0.05, 0) is 36.1 Å². The van der Waals surface area contributed by atoms with Crippen LogP contribution in [0.3, 0.4) is 0 Å². The van der Waals surface area contributed by atoms with Crippen molar-refractivity contribution in [2.24, 2.45) is 5.92 Å². The Hall–Kier alpha value is -2.04. The van der Waals surface area contributed by atoms with E-state index in [4.69, 9.17) is 0 Å². The standard InChI is InChI=1S/C14H15NO4/c16-11-4-3-9-6-12(14(18)19)15(7-10(9)5-11)13(17)8-1-2-8/h3-5,8,12,16H,1-2,6-7H2,(H,18,19)/t12-/m1/s1. The second kappa shape index (κ2) is 4.26. The van der Waals surface area contributed by atoms with Gasteiger partial charge in [-0.3, -0.25) is 4.79 Å². The third-order valence-corrected chi connectivity index (χ3v) is 3.81. The highest BCUT2D eigenvalue weighted by Gasteiger charge is 2.40. The van der Waals surface area contributed by atoms with Crippen molar-refractivity contribution in [2.45, 2.75) is 31.8 Å². The average Bonchev–Trinajstić information content (AvgIpc) is 3.20. The number of carbonyl (C=O) groups is 2. The average molecular weight is 261 g/mol. The van der Waals surface area contributed by atoms with Crippen molar-refractivity contribution in [3.8, 4) is 5.75 Å². The van der Waals surface area contributed by atoms with E-state index in [0.717, 1.165) is 24.0 Å². The van der Waals surface area contributed by atoms with Crippen LogP contribution in [0, 0.1) is 5.92 Å². The number of nitrogens with zero attached hydrogens (tertiary/aromatic N) is 1. The number of hydrogen-bond donors (Lipinski definition) is 2. The summed E-state index contributed by atoms with van der Waals surface area (Å²) in [5.41, 5.74) is 1.73. The number of carbonyl (C=O) groups excluding carboxylic acids is 1. The Kier molecular flexibility index (Phi) is 2.69. The third kappa shape index (κ3) is 2.16. The molecule has 0 radical (unpaired) electrons. The topological polar surface area (TPSA) is 77.8 Å². The summed E-state index contributed by atoms with van der Waals surface area (Å²) in [6.07, 6.45) is 2.02. The normalized spacial score (nSPS) is 21.9. The molecule has 1 aromatic carbocycles. The molecule has 1 fully saturated rings. The van der Waals surface area contributed by atoms with E-state index in [2.05, 4.69) is 0 Å². The van der Waals surface area contributed by atoms with Gasteiger partial charge < -0.3 is 15.1 Å². The van der Waals surface area contributed by atoms with Crippen molar-refractivity contribution in [3.05, 3.63) is 29.3 Å². The van der Waals surface area contributed by atoms with Gasteiger partial charge in [0.05, 0.1) is 0 Å². The molecule has 1 amide bonds. The van der Waals surface area contributed by atoms with Crippen LogP contribution in [0.1, 0.15) is 24.0 Å². The van der Waals surface area contributed by atoms with Crippen molar-refractivity contribution < 1.29 is 19.8 Å². The van der Waals surface area contributed by atoms with E-state index in [-0.39, 0.29) is 24.1 Å². The van der Waals surface area contributed by atoms with E-state index in [0.29, 0.717) is 6.42 Å². The smallest absolute Gasteiger partial charge is 0.326 e. The van der Waals surface area contributed by atoms with E-state index >= 15 is 0 Å². The third-order valence-electron chi connectivity index (χ3n) is 3.81. The number of amides is 1. The number of carboxylic acids is 1. The Morgan fingerprint density at radius 1 is 1.21 bits per heavy atom. The minimum absolute atomic E-state index is 0.000657. The lowest BCUT2D eigenvalue weighted by Gasteiger charge is -2.34. The van der Waals surface area contributed by atoms with E-state index in [1.807, 2.05) is 0 Å². The highest BCUT2D eigenvalue weighted by atomic mass is 16.4. The fourth-order valence-corrected chi connectivity index (χ4v) is 2.59. The summed E-state index contributed by atoms with van der Waals surface area (Å²) >= 11 is 0. The fraction of sp³-hybridized carbons (Fsp3) is 0.429. The van der Waals surface area contributed by atoms with E-state index < -0.39 is 12.0 Å². The molecule has 0 aromatic heterocycles. The molecule has 3 rings (SSSR count). The van der Waals surface area contributed by atoms with Gasteiger partial charge in [0, 0.05) is 18.9 Å². The Bertz CT molecular complexity index is 550. The maximum absolute atomic E-state index is 12.2. The number of fused-ring (bicyclic) bond motifs is 1. The van der Waals surface area contributed by atoms with Gasteiger partial charge in [-0.15, -0.1) is 0 Å². The number of aliphatic carboxylic acids is 1. The Labute approximate surface area is 110 Å². The second-order valence-electron chi connectivity index (χ2n) is 5.25. The van der Waals surface area contributed by atoms with Crippen LogP contribution in [0.2, 0.25) is 0 Å². The molecule has 1 aliphatic carbocycles. The molecule has 5 nitrogen and oxygen atoms in total. The van der Waals surface area contributed by atoms with E-state index in [1.54, 1.807) is 18.2 Å². The minimum Gasteiger partial charge on any atom is -0.508 e. The summed E-state index contributed by atoms with van der Waals surface area (Å²) in [6.45, 7) is 0.274. The van der Waals surface area contributed by atoms with Gasteiger partial charge in [0.1, 0.15) is 11.8 Å². The molecule has 1 atom stereocenters. The molecule has 0 unspecified atom stereocenters. The summed E-state index contributed by atoms with van der Waals surface area (Å²) < 4.78 is 0. The first-order chi connectivity index (χ1) is 9.06. The van der Waals surface area contributed by atoms with Crippen LogP contribution in [-0.2, 0) is 22.6 Å². The van der Waals surface area contributed by atoms with Crippen molar-refractivity contribution in [1.82, 2.24) is 4.90 Å². The van der Waals surface area contributed by atoms with Gasteiger partial charge >= 0.3 is 5.97 Å². The molecular weight excluding hydrogens is 246 g/mol. The van der Waals surface area contributed by atoms with Gasteiger partial charge in [0.2, 0.25) is 5.91 Å². The molecule has 0 saturated heterocycles. The molecular formula is C14H15NO4. The van der Waals surface area contributed by atoms with Gasteiger partial charge in [-0.2, -0.15) is 0 Å². The van der Waals surface area contributed by atoms with Gasteiger partial charge in [0.25, 0.3) is 0 Å². The predicted molar refractivity (Wildman–Crippen MR) is 66.5 cm³/mol.